The highest BCUT2D eigenvalue weighted by Gasteiger charge is 2.17. The summed E-state index contributed by atoms with van der Waals surface area (Å²) in [6, 6.07) is 4.04. The Morgan fingerprint density at radius 2 is 2.00 bits per heavy atom. The normalized spacial score (nSPS) is 19.3. The van der Waals surface area contributed by atoms with Crippen LogP contribution in [-0.2, 0) is 6.54 Å². The summed E-state index contributed by atoms with van der Waals surface area (Å²) in [5.74, 6) is 0.848. The van der Waals surface area contributed by atoms with Crippen LogP contribution in [0.4, 0.5) is 5.69 Å². The molecule has 0 amide bonds. The number of benzene rings is 1. The van der Waals surface area contributed by atoms with Crippen molar-refractivity contribution in [3.05, 3.63) is 23.3 Å². The number of anilines is 1. The molecule has 1 fully saturated rings. The number of fused-ring (bicyclic) bond motifs is 1. The minimum atomic E-state index is 0.353. The van der Waals surface area contributed by atoms with Crippen LogP contribution in [0.1, 0.15) is 43.2 Å². The van der Waals surface area contributed by atoms with Crippen LogP contribution in [0, 0.1) is 0 Å². The van der Waals surface area contributed by atoms with Crippen molar-refractivity contribution < 1.29 is 4.74 Å². The Balaban J connectivity index is 1.79. The SMILES string of the molecule is Nc1cc2c(cc1OC1CCCCC1)CN=C2. The molecule has 0 atom stereocenters. The number of aliphatic imine (C=N–C) groups is 1. The third-order valence-corrected chi connectivity index (χ3v) is 3.61. The maximum absolute atomic E-state index is 6.03. The van der Waals surface area contributed by atoms with Gasteiger partial charge in [-0.15, -0.1) is 0 Å². The molecule has 0 bridgehead atoms. The third kappa shape index (κ3) is 2.14. The van der Waals surface area contributed by atoms with Gasteiger partial charge >= 0.3 is 0 Å². The standard InChI is InChI=1S/C14H18N2O/c15-13-6-10-8-16-9-11(10)7-14(13)17-12-4-2-1-3-5-12/h6-8,12H,1-5,9,15H2. The quantitative estimate of drug-likeness (QED) is 0.794. The first-order valence-electron chi connectivity index (χ1n) is 6.42. The fourth-order valence-corrected chi connectivity index (χ4v) is 2.62. The van der Waals surface area contributed by atoms with Gasteiger partial charge in [-0.05, 0) is 48.9 Å². The summed E-state index contributed by atoms with van der Waals surface area (Å²) < 4.78 is 6.03. The number of hydrogen-bond acceptors (Lipinski definition) is 3. The molecule has 0 unspecified atom stereocenters. The van der Waals surface area contributed by atoms with Gasteiger partial charge in [-0.3, -0.25) is 4.99 Å². The van der Waals surface area contributed by atoms with E-state index in [1.165, 1.54) is 24.8 Å². The van der Waals surface area contributed by atoms with E-state index in [9.17, 15) is 0 Å². The summed E-state index contributed by atoms with van der Waals surface area (Å²) in [6.07, 6.45) is 8.45. The molecule has 3 heteroatoms. The van der Waals surface area contributed by atoms with E-state index in [0.717, 1.165) is 36.4 Å². The minimum absolute atomic E-state index is 0.353. The Kier molecular flexibility index (Phi) is 2.75. The molecule has 0 radical (unpaired) electrons. The second-order valence-corrected chi connectivity index (χ2v) is 4.94. The molecular weight excluding hydrogens is 212 g/mol. The first kappa shape index (κ1) is 10.6. The molecule has 3 rings (SSSR count). The van der Waals surface area contributed by atoms with Crippen LogP contribution in [0.5, 0.6) is 5.75 Å². The first-order valence-corrected chi connectivity index (χ1v) is 6.42. The van der Waals surface area contributed by atoms with Gasteiger partial charge in [-0.1, -0.05) is 6.42 Å². The summed E-state index contributed by atoms with van der Waals surface area (Å²) >= 11 is 0. The van der Waals surface area contributed by atoms with Gasteiger partial charge in [-0.2, -0.15) is 0 Å². The van der Waals surface area contributed by atoms with Gasteiger partial charge < -0.3 is 10.5 Å². The fraction of sp³-hybridized carbons (Fsp3) is 0.500. The molecule has 1 aliphatic heterocycles. The van der Waals surface area contributed by atoms with Gasteiger partial charge in [0.15, 0.2) is 0 Å². The van der Waals surface area contributed by atoms with E-state index in [0.29, 0.717) is 6.10 Å². The molecule has 0 aromatic heterocycles. The van der Waals surface area contributed by atoms with E-state index in [4.69, 9.17) is 10.5 Å². The maximum atomic E-state index is 6.03. The highest BCUT2D eigenvalue weighted by Crippen LogP contribution is 2.31. The van der Waals surface area contributed by atoms with Crippen molar-refractivity contribution in [2.75, 3.05) is 5.73 Å². The Labute approximate surface area is 102 Å². The lowest BCUT2D eigenvalue weighted by molar-refractivity contribution is 0.156. The third-order valence-electron chi connectivity index (χ3n) is 3.61. The Morgan fingerprint density at radius 3 is 2.82 bits per heavy atom. The van der Waals surface area contributed by atoms with Crippen LogP contribution in [0.3, 0.4) is 0 Å². The van der Waals surface area contributed by atoms with Gasteiger partial charge in [0.1, 0.15) is 5.75 Å². The average molecular weight is 230 g/mol. The van der Waals surface area contributed by atoms with E-state index in [2.05, 4.69) is 11.1 Å². The van der Waals surface area contributed by atoms with Crippen molar-refractivity contribution in [3.63, 3.8) is 0 Å². The Hall–Kier alpha value is -1.51. The molecule has 17 heavy (non-hydrogen) atoms. The van der Waals surface area contributed by atoms with E-state index < -0.39 is 0 Å². The molecule has 1 heterocycles. The Morgan fingerprint density at radius 1 is 1.18 bits per heavy atom. The second-order valence-electron chi connectivity index (χ2n) is 4.94. The van der Waals surface area contributed by atoms with Gasteiger partial charge in [0.25, 0.3) is 0 Å². The lowest BCUT2D eigenvalue weighted by Gasteiger charge is -2.24. The molecule has 1 saturated carbocycles. The molecule has 1 aliphatic carbocycles. The Bertz CT molecular complexity index is 448. The summed E-state index contributed by atoms with van der Waals surface area (Å²) in [5.41, 5.74) is 9.13. The van der Waals surface area contributed by atoms with E-state index in [1.807, 2.05) is 12.3 Å². The fourth-order valence-electron chi connectivity index (χ4n) is 2.62. The number of hydrogen-bond donors (Lipinski definition) is 1. The van der Waals surface area contributed by atoms with Crippen LogP contribution >= 0.6 is 0 Å². The highest BCUT2D eigenvalue weighted by molar-refractivity contribution is 5.86. The van der Waals surface area contributed by atoms with Gasteiger partial charge in [0.2, 0.25) is 0 Å². The van der Waals surface area contributed by atoms with E-state index >= 15 is 0 Å². The van der Waals surface area contributed by atoms with Gasteiger partial charge in [0, 0.05) is 6.21 Å². The lowest BCUT2D eigenvalue weighted by atomic mass is 9.97. The topological polar surface area (TPSA) is 47.6 Å². The van der Waals surface area contributed by atoms with Crippen LogP contribution in [-0.4, -0.2) is 12.3 Å². The van der Waals surface area contributed by atoms with Gasteiger partial charge in [-0.25, -0.2) is 0 Å². The number of nitrogens with two attached hydrogens (primary N) is 1. The molecular formula is C14H18N2O. The van der Waals surface area contributed by atoms with E-state index in [-0.39, 0.29) is 0 Å². The van der Waals surface area contributed by atoms with E-state index in [1.54, 1.807) is 0 Å². The van der Waals surface area contributed by atoms with Crippen LogP contribution in [0.15, 0.2) is 17.1 Å². The second kappa shape index (κ2) is 4.40. The molecule has 2 N–H and O–H groups in total. The maximum Gasteiger partial charge on any atom is 0.142 e. The summed E-state index contributed by atoms with van der Waals surface area (Å²) in [7, 11) is 0. The molecule has 0 spiro atoms. The average Bonchev–Trinajstić information content (AvgIpc) is 2.78. The predicted molar refractivity (Wildman–Crippen MR) is 69.7 cm³/mol. The van der Waals surface area contributed by atoms with Crippen molar-refractivity contribution in [2.45, 2.75) is 44.8 Å². The van der Waals surface area contributed by atoms with Crippen LogP contribution in [0.25, 0.3) is 0 Å². The van der Waals surface area contributed by atoms with Crippen LogP contribution < -0.4 is 10.5 Å². The zero-order valence-corrected chi connectivity index (χ0v) is 9.98. The number of rotatable bonds is 2. The van der Waals surface area contributed by atoms with Gasteiger partial charge in [0.05, 0.1) is 18.3 Å². The lowest BCUT2D eigenvalue weighted by Crippen LogP contribution is -2.20. The molecule has 90 valence electrons. The number of nitrogen functional groups attached to an aromatic ring is 1. The van der Waals surface area contributed by atoms with Crippen molar-refractivity contribution in [3.8, 4) is 5.75 Å². The van der Waals surface area contributed by atoms with Crippen molar-refractivity contribution in [1.82, 2.24) is 0 Å². The highest BCUT2D eigenvalue weighted by atomic mass is 16.5. The zero-order chi connectivity index (χ0) is 11.7. The smallest absolute Gasteiger partial charge is 0.142 e. The van der Waals surface area contributed by atoms with Crippen molar-refractivity contribution in [1.29, 1.82) is 0 Å². The molecule has 2 aliphatic rings. The number of ether oxygens (including phenoxy) is 1. The summed E-state index contributed by atoms with van der Waals surface area (Å²) in [6.45, 7) is 0.761. The molecule has 0 saturated heterocycles. The first-order chi connectivity index (χ1) is 8.33. The predicted octanol–water partition coefficient (Wildman–Crippen LogP) is 2.91. The van der Waals surface area contributed by atoms with Crippen LogP contribution in [0.2, 0.25) is 0 Å². The van der Waals surface area contributed by atoms with Crippen molar-refractivity contribution in [2.24, 2.45) is 4.99 Å². The summed E-state index contributed by atoms with van der Waals surface area (Å²) in [4.78, 5) is 4.24. The molecule has 1 aromatic carbocycles. The molecule has 1 aromatic rings. The van der Waals surface area contributed by atoms with Crippen molar-refractivity contribution >= 4 is 11.9 Å². The number of nitrogens with zero attached hydrogens (tertiary/aromatic N) is 1. The zero-order valence-electron chi connectivity index (χ0n) is 9.98. The summed E-state index contributed by atoms with van der Waals surface area (Å²) in [5, 5.41) is 0. The minimum Gasteiger partial charge on any atom is -0.488 e. The largest absolute Gasteiger partial charge is 0.488 e. The molecule has 3 nitrogen and oxygen atoms in total. The monoisotopic (exact) mass is 230 g/mol.